The van der Waals surface area contributed by atoms with Gasteiger partial charge in [0, 0.05) is 24.2 Å². The van der Waals surface area contributed by atoms with Crippen LogP contribution in [0.15, 0.2) is 60.7 Å². The molecule has 0 saturated heterocycles. The van der Waals surface area contributed by atoms with Crippen LogP contribution < -0.4 is 4.90 Å². The first kappa shape index (κ1) is 24.0. The molecule has 0 unspecified atom stereocenters. The summed E-state index contributed by atoms with van der Waals surface area (Å²) in [6.45, 7) is -0.760. The summed E-state index contributed by atoms with van der Waals surface area (Å²) in [5.74, 6) is -3.87. The van der Waals surface area contributed by atoms with Crippen LogP contribution in [0, 0.1) is 11.6 Å². The van der Waals surface area contributed by atoms with E-state index in [1.54, 1.807) is 0 Å². The van der Waals surface area contributed by atoms with Crippen molar-refractivity contribution in [3.63, 3.8) is 0 Å². The molecule has 3 aromatic rings. The lowest BCUT2D eigenvalue weighted by molar-refractivity contribution is -0.133. The molecule has 7 nitrogen and oxygen atoms in total. The number of nitrogens with zero attached hydrogens (tertiary/aromatic N) is 2. The van der Waals surface area contributed by atoms with Gasteiger partial charge < -0.3 is 9.64 Å². The van der Waals surface area contributed by atoms with Crippen molar-refractivity contribution in [1.29, 1.82) is 0 Å². The van der Waals surface area contributed by atoms with Crippen LogP contribution in [0.1, 0.15) is 36.6 Å². The maximum absolute atomic E-state index is 14.0. The lowest BCUT2D eigenvalue weighted by Gasteiger charge is -2.18. The smallest absolute Gasteiger partial charge is 0.338 e. The summed E-state index contributed by atoms with van der Waals surface area (Å²) in [6.07, 6.45) is 0. The number of likely N-dealkylation sites (N-methyl/N-ethyl adjacent to an activating group) is 1. The summed E-state index contributed by atoms with van der Waals surface area (Å²) in [5, 5.41) is 0.161. The Balaban J connectivity index is 1.43. The molecular weight excluding hydrogens is 482 g/mol. The number of hydrogen-bond donors (Lipinski definition) is 0. The van der Waals surface area contributed by atoms with E-state index in [0.717, 1.165) is 21.9 Å². The second-order valence-corrected chi connectivity index (χ2v) is 8.12. The molecule has 1 aliphatic heterocycles. The van der Waals surface area contributed by atoms with Gasteiger partial charge in [0.2, 0.25) is 0 Å². The number of halogens is 3. The van der Waals surface area contributed by atoms with Gasteiger partial charge in [0.25, 0.3) is 17.7 Å². The molecule has 3 amide bonds. The van der Waals surface area contributed by atoms with Crippen LogP contribution in [0.5, 0.6) is 0 Å². The molecule has 3 aromatic carbocycles. The van der Waals surface area contributed by atoms with Crippen molar-refractivity contribution in [2.45, 2.75) is 6.54 Å². The van der Waals surface area contributed by atoms with E-state index in [2.05, 4.69) is 0 Å². The van der Waals surface area contributed by atoms with Gasteiger partial charge in [-0.25, -0.2) is 18.5 Å². The van der Waals surface area contributed by atoms with Crippen LogP contribution in [0.25, 0.3) is 0 Å². The van der Waals surface area contributed by atoms with Crippen molar-refractivity contribution >= 4 is 41.0 Å². The fourth-order valence-electron chi connectivity index (χ4n) is 3.52. The first-order valence-corrected chi connectivity index (χ1v) is 10.7. The third kappa shape index (κ3) is 4.76. The molecule has 0 N–H and O–H groups in total. The molecule has 0 saturated carbocycles. The monoisotopic (exact) mass is 498 g/mol. The number of imide groups is 1. The predicted octanol–water partition coefficient (Wildman–Crippen LogP) is 4.23. The van der Waals surface area contributed by atoms with Gasteiger partial charge in [-0.2, -0.15) is 0 Å². The Kier molecular flexibility index (Phi) is 6.61. The number of anilines is 1. The number of fused-ring (bicyclic) bond motifs is 1. The third-order valence-corrected chi connectivity index (χ3v) is 5.77. The van der Waals surface area contributed by atoms with Crippen molar-refractivity contribution in [2.24, 2.45) is 0 Å². The number of esters is 1. The zero-order valence-electron chi connectivity index (χ0n) is 18.3. The number of carbonyl (C=O) groups excluding carboxylic acids is 4. The van der Waals surface area contributed by atoms with Crippen LogP contribution in [-0.4, -0.2) is 42.2 Å². The molecule has 0 atom stereocenters. The third-order valence-electron chi connectivity index (χ3n) is 5.42. The Bertz CT molecular complexity index is 1340. The Morgan fingerprint density at radius 1 is 0.971 bits per heavy atom. The SMILES string of the molecule is CN(Cc1c(F)cccc1Cl)C(=O)COC(=O)c1ccc2c(c1)C(=O)N(c1ccc(F)cc1)C2=O. The molecule has 1 heterocycles. The second-order valence-electron chi connectivity index (χ2n) is 7.71. The van der Waals surface area contributed by atoms with E-state index < -0.39 is 41.9 Å². The molecule has 4 rings (SSSR count). The van der Waals surface area contributed by atoms with Crippen LogP contribution in [0.2, 0.25) is 5.02 Å². The fraction of sp³-hybridized carbons (Fsp3) is 0.120. The fourth-order valence-corrected chi connectivity index (χ4v) is 3.74. The van der Waals surface area contributed by atoms with Gasteiger partial charge in [0.15, 0.2) is 6.61 Å². The topological polar surface area (TPSA) is 84.0 Å². The quantitative estimate of drug-likeness (QED) is 0.375. The lowest BCUT2D eigenvalue weighted by atomic mass is 10.1. The highest BCUT2D eigenvalue weighted by molar-refractivity contribution is 6.34. The van der Waals surface area contributed by atoms with E-state index in [9.17, 15) is 28.0 Å². The van der Waals surface area contributed by atoms with E-state index in [-0.39, 0.29) is 39.5 Å². The Hall–Kier alpha value is -4.11. The first-order valence-electron chi connectivity index (χ1n) is 10.3. The van der Waals surface area contributed by atoms with Gasteiger partial charge >= 0.3 is 5.97 Å². The average Bonchev–Trinajstić information content (AvgIpc) is 3.09. The van der Waals surface area contributed by atoms with Gasteiger partial charge in [-0.1, -0.05) is 17.7 Å². The van der Waals surface area contributed by atoms with Gasteiger partial charge in [-0.3, -0.25) is 14.4 Å². The van der Waals surface area contributed by atoms with Crippen LogP contribution in [0.3, 0.4) is 0 Å². The van der Waals surface area contributed by atoms with Gasteiger partial charge in [0.1, 0.15) is 11.6 Å². The van der Waals surface area contributed by atoms with E-state index in [1.165, 1.54) is 55.6 Å². The molecule has 0 fully saturated rings. The van der Waals surface area contributed by atoms with Crippen molar-refractivity contribution in [3.8, 4) is 0 Å². The normalized spacial score (nSPS) is 12.5. The Labute approximate surface area is 203 Å². The minimum Gasteiger partial charge on any atom is -0.452 e. The molecule has 1 aliphatic rings. The number of ether oxygens (including phenoxy) is 1. The van der Waals surface area contributed by atoms with Crippen LogP contribution >= 0.6 is 11.6 Å². The molecule has 10 heteroatoms. The number of carbonyl (C=O) groups is 4. The summed E-state index contributed by atoms with van der Waals surface area (Å²) in [4.78, 5) is 52.4. The van der Waals surface area contributed by atoms with Crippen molar-refractivity contribution in [2.75, 3.05) is 18.6 Å². The van der Waals surface area contributed by atoms with Gasteiger partial charge in [0.05, 0.1) is 22.4 Å². The number of benzene rings is 3. The van der Waals surface area contributed by atoms with E-state index in [1.807, 2.05) is 0 Å². The first-order chi connectivity index (χ1) is 16.7. The minimum absolute atomic E-state index is 0.0218. The minimum atomic E-state index is -0.890. The Morgan fingerprint density at radius 2 is 1.66 bits per heavy atom. The van der Waals surface area contributed by atoms with E-state index in [0.29, 0.717) is 0 Å². The number of amides is 3. The number of rotatable bonds is 6. The summed E-state index contributed by atoms with van der Waals surface area (Å²) in [5.41, 5.74) is 0.326. The zero-order valence-corrected chi connectivity index (χ0v) is 19.0. The molecule has 0 bridgehead atoms. The molecule has 35 heavy (non-hydrogen) atoms. The summed E-state index contributed by atoms with van der Waals surface area (Å²) in [6, 6.07) is 12.8. The van der Waals surface area contributed by atoms with E-state index >= 15 is 0 Å². The van der Waals surface area contributed by atoms with Crippen molar-refractivity contribution in [3.05, 3.63) is 99.6 Å². The van der Waals surface area contributed by atoms with Crippen molar-refractivity contribution < 1.29 is 32.7 Å². The van der Waals surface area contributed by atoms with Gasteiger partial charge in [-0.05, 0) is 54.6 Å². The highest BCUT2D eigenvalue weighted by Crippen LogP contribution is 2.29. The standard InChI is InChI=1S/C25H17ClF2N2O5/c1-29(12-19-20(26)3-2-4-21(19)28)22(31)13-35-25(34)14-5-10-17-18(11-14)24(33)30(23(17)32)16-8-6-15(27)7-9-16/h2-11H,12-13H2,1H3. The molecule has 0 spiro atoms. The molecule has 0 radical (unpaired) electrons. The summed E-state index contributed by atoms with van der Waals surface area (Å²) in [7, 11) is 1.41. The maximum Gasteiger partial charge on any atom is 0.338 e. The molecule has 0 aromatic heterocycles. The van der Waals surface area contributed by atoms with Crippen LogP contribution in [0.4, 0.5) is 14.5 Å². The Morgan fingerprint density at radius 3 is 2.34 bits per heavy atom. The molecule has 178 valence electrons. The largest absolute Gasteiger partial charge is 0.452 e. The highest BCUT2D eigenvalue weighted by Gasteiger charge is 2.37. The highest BCUT2D eigenvalue weighted by atomic mass is 35.5. The van der Waals surface area contributed by atoms with Crippen molar-refractivity contribution in [1.82, 2.24) is 4.90 Å². The summed E-state index contributed by atoms with van der Waals surface area (Å²) >= 11 is 5.98. The zero-order chi connectivity index (χ0) is 25.3. The predicted molar refractivity (Wildman–Crippen MR) is 122 cm³/mol. The van der Waals surface area contributed by atoms with Gasteiger partial charge in [-0.15, -0.1) is 0 Å². The number of hydrogen-bond acceptors (Lipinski definition) is 5. The average molecular weight is 499 g/mol. The lowest BCUT2D eigenvalue weighted by Crippen LogP contribution is -2.31. The second kappa shape index (κ2) is 9.63. The molecular formula is C25H17ClF2N2O5. The van der Waals surface area contributed by atoms with Crippen LogP contribution in [-0.2, 0) is 16.1 Å². The maximum atomic E-state index is 14.0. The van der Waals surface area contributed by atoms with E-state index in [4.69, 9.17) is 16.3 Å². The molecule has 0 aliphatic carbocycles. The summed E-state index contributed by atoms with van der Waals surface area (Å²) < 4.78 is 32.2.